The van der Waals surface area contributed by atoms with E-state index in [0.717, 1.165) is 17.7 Å². The summed E-state index contributed by atoms with van der Waals surface area (Å²) in [7, 11) is 0. The van der Waals surface area contributed by atoms with Gasteiger partial charge in [0, 0.05) is 0 Å². The standard InChI is InChI=1S/C17H12N4O3S2/c1-2-25-17-20-26-16-19-15(23)11(14(18)21(16)17)7-9-8-24-12-6-4-3-5-10(12)13(9)22/h3-8,18H,2H2,1H3/b11-7-,18-14?. The maximum Gasteiger partial charge on any atom is 0.283 e. The minimum atomic E-state index is -0.570. The monoisotopic (exact) mass is 384 g/mol. The van der Waals surface area contributed by atoms with Crippen molar-refractivity contribution in [1.82, 2.24) is 4.90 Å². The molecule has 7 nitrogen and oxygen atoms in total. The van der Waals surface area contributed by atoms with Crippen molar-refractivity contribution in [3.63, 3.8) is 0 Å². The molecule has 0 saturated heterocycles. The fourth-order valence-electron chi connectivity index (χ4n) is 2.57. The topological polar surface area (TPSA) is 99.1 Å². The number of hydrogen-bond donors (Lipinski definition) is 1. The quantitative estimate of drug-likeness (QED) is 0.631. The average molecular weight is 384 g/mol. The molecule has 0 saturated carbocycles. The van der Waals surface area contributed by atoms with Gasteiger partial charge in [-0.05, 0) is 24.0 Å². The molecule has 9 heteroatoms. The van der Waals surface area contributed by atoms with Crippen molar-refractivity contribution in [2.75, 3.05) is 5.75 Å². The van der Waals surface area contributed by atoms with E-state index >= 15 is 0 Å². The zero-order valence-electron chi connectivity index (χ0n) is 13.6. The molecule has 26 heavy (non-hydrogen) atoms. The normalized spacial score (nSPS) is 18.3. The first-order valence-corrected chi connectivity index (χ1v) is 9.48. The summed E-state index contributed by atoms with van der Waals surface area (Å²) in [4.78, 5) is 30.5. The van der Waals surface area contributed by atoms with Crippen LogP contribution in [0.3, 0.4) is 0 Å². The predicted molar refractivity (Wildman–Crippen MR) is 106 cm³/mol. The molecule has 2 aliphatic heterocycles. The number of nitrogens with zero attached hydrogens (tertiary/aromatic N) is 3. The summed E-state index contributed by atoms with van der Waals surface area (Å²) in [5, 5.41) is 9.79. The van der Waals surface area contributed by atoms with Crippen LogP contribution in [0, 0.1) is 5.41 Å². The summed E-state index contributed by atoms with van der Waals surface area (Å²) in [6.07, 6.45) is 2.66. The molecule has 0 unspecified atom stereocenters. The predicted octanol–water partition coefficient (Wildman–Crippen LogP) is 3.12. The van der Waals surface area contributed by atoms with Crippen LogP contribution in [0.15, 0.2) is 54.7 Å². The molecule has 2 aromatic rings. The number of benzene rings is 1. The molecule has 1 aromatic heterocycles. The van der Waals surface area contributed by atoms with E-state index < -0.39 is 5.91 Å². The summed E-state index contributed by atoms with van der Waals surface area (Å²) in [5.41, 5.74) is 0.434. The number of hydrogen-bond acceptors (Lipinski definition) is 7. The van der Waals surface area contributed by atoms with Gasteiger partial charge in [-0.1, -0.05) is 30.8 Å². The Labute approximate surface area is 156 Å². The van der Waals surface area contributed by atoms with E-state index in [1.165, 1.54) is 29.0 Å². The lowest BCUT2D eigenvalue weighted by atomic mass is 10.1. The SMILES string of the molecule is CCSC1=NSC2=NC(=O)/C(=C\c3coc4ccccc4c3=O)C(=N)N12. The van der Waals surface area contributed by atoms with Gasteiger partial charge in [0.1, 0.15) is 17.7 Å². The third kappa shape index (κ3) is 2.69. The second-order valence-corrected chi connectivity index (χ2v) is 7.32. The van der Waals surface area contributed by atoms with Crippen molar-refractivity contribution in [1.29, 1.82) is 5.41 Å². The lowest BCUT2D eigenvalue weighted by Crippen LogP contribution is -2.41. The van der Waals surface area contributed by atoms with Crippen LogP contribution in [0.5, 0.6) is 0 Å². The van der Waals surface area contributed by atoms with Crippen LogP contribution in [0.4, 0.5) is 0 Å². The smallest absolute Gasteiger partial charge is 0.283 e. The van der Waals surface area contributed by atoms with Crippen molar-refractivity contribution in [2.24, 2.45) is 9.39 Å². The highest BCUT2D eigenvalue weighted by Gasteiger charge is 2.37. The number of fused-ring (bicyclic) bond motifs is 2. The molecule has 3 heterocycles. The molecule has 4 rings (SSSR count). The second kappa shape index (κ2) is 6.58. The summed E-state index contributed by atoms with van der Waals surface area (Å²) in [6.45, 7) is 1.97. The van der Waals surface area contributed by atoms with Crippen LogP contribution in [0.2, 0.25) is 0 Å². The van der Waals surface area contributed by atoms with Gasteiger partial charge in [0.15, 0.2) is 10.6 Å². The van der Waals surface area contributed by atoms with Gasteiger partial charge in [0.05, 0.1) is 28.5 Å². The van der Waals surface area contributed by atoms with Crippen LogP contribution >= 0.6 is 23.7 Å². The molecule has 0 spiro atoms. The Bertz CT molecular complexity index is 1100. The van der Waals surface area contributed by atoms with E-state index in [1.54, 1.807) is 24.3 Å². The van der Waals surface area contributed by atoms with Crippen molar-refractivity contribution >= 4 is 62.8 Å². The highest BCUT2D eigenvalue weighted by molar-refractivity contribution is 8.19. The minimum Gasteiger partial charge on any atom is -0.463 e. The van der Waals surface area contributed by atoms with E-state index in [1.807, 2.05) is 6.92 Å². The van der Waals surface area contributed by atoms with Crippen molar-refractivity contribution in [2.45, 2.75) is 6.92 Å². The Hall–Kier alpha value is -2.65. The second-order valence-electron chi connectivity index (χ2n) is 5.36. The fraction of sp³-hybridized carbons (Fsp3) is 0.118. The highest BCUT2D eigenvalue weighted by Crippen LogP contribution is 2.31. The van der Waals surface area contributed by atoms with Crippen LogP contribution in [0.1, 0.15) is 12.5 Å². The molecule has 0 atom stereocenters. The molecule has 130 valence electrons. The Balaban J connectivity index is 1.80. The number of amides is 1. The van der Waals surface area contributed by atoms with Gasteiger partial charge >= 0.3 is 0 Å². The lowest BCUT2D eigenvalue weighted by molar-refractivity contribution is -0.114. The number of nitrogens with one attached hydrogen (secondary N) is 1. The first kappa shape index (κ1) is 16.8. The third-order valence-electron chi connectivity index (χ3n) is 3.77. The van der Waals surface area contributed by atoms with Crippen molar-refractivity contribution in [3.8, 4) is 0 Å². The summed E-state index contributed by atoms with van der Waals surface area (Å²) < 4.78 is 9.72. The first-order chi connectivity index (χ1) is 12.6. The number of carbonyl (C=O) groups is 1. The number of rotatable bonds is 2. The summed E-state index contributed by atoms with van der Waals surface area (Å²) in [6, 6.07) is 6.88. The number of carbonyl (C=O) groups excluding carboxylic acids is 1. The molecule has 0 bridgehead atoms. The molecule has 0 aliphatic carbocycles. The zero-order chi connectivity index (χ0) is 18.3. The number of amidine groups is 3. The molecule has 0 radical (unpaired) electrons. The van der Waals surface area contributed by atoms with Gasteiger partial charge in [-0.3, -0.25) is 15.0 Å². The van der Waals surface area contributed by atoms with Crippen LogP contribution in [-0.2, 0) is 4.79 Å². The molecule has 1 N–H and O–H groups in total. The molecule has 2 aliphatic rings. The molecule has 1 amide bonds. The van der Waals surface area contributed by atoms with E-state index in [2.05, 4.69) is 9.39 Å². The minimum absolute atomic E-state index is 0.0308. The van der Waals surface area contributed by atoms with E-state index in [9.17, 15) is 9.59 Å². The number of aliphatic imine (C=N–C) groups is 1. The van der Waals surface area contributed by atoms with E-state index in [0.29, 0.717) is 21.3 Å². The Morgan fingerprint density at radius 2 is 2.15 bits per heavy atom. The van der Waals surface area contributed by atoms with E-state index in [4.69, 9.17) is 9.83 Å². The highest BCUT2D eigenvalue weighted by atomic mass is 32.2. The van der Waals surface area contributed by atoms with E-state index in [-0.39, 0.29) is 22.4 Å². The average Bonchev–Trinajstić information content (AvgIpc) is 3.03. The number of thioether (sulfide) groups is 1. The van der Waals surface area contributed by atoms with Gasteiger partial charge in [-0.2, -0.15) is 9.39 Å². The van der Waals surface area contributed by atoms with Gasteiger partial charge in [0.2, 0.25) is 5.17 Å². The first-order valence-electron chi connectivity index (χ1n) is 7.72. The maximum atomic E-state index is 12.6. The fourth-order valence-corrected chi connectivity index (χ4v) is 4.14. The van der Waals surface area contributed by atoms with Gasteiger partial charge in [-0.25, -0.2) is 4.90 Å². The van der Waals surface area contributed by atoms with Gasteiger partial charge < -0.3 is 4.42 Å². The largest absolute Gasteiger partial charge is 0.463 e. The maximum absolute atomic E-state index is 12.6. The van der Waals surface area contributed by atoms with Gasteiger partial charge in [-0.15, -0.1) is 0 Å². The van der Waals surface area contributed by atoms with Crippen LogP contribution in [0.25, 0.3) is 17.0 Å². The molecule has 0 fully saturated rings. The molecule has 1 aromatic carbocycles. The third-order valence-corrected chi connectivity index (χ3v) is 5.41. The Kier molecular flexibility index (Phi) is 4.25. The molecular weight excluding hydrogens is 372 g/mol. The Morgan fingerprint density at radius 1 is 1.35 bits per heavy atom. The molecular formula is C17H12N4O3S2. The van der Waals surface area contributed by atoms with Crippen molar-refractivity contribution < 1.29 is 9.21 Å². The summed E-state index contributed by atoms with van der Waals surface area (Å²) >= 11 is 2.53. The van der Waals surface area contributed by atoms with Crippen LogP contribution < -0.4 is 5.43 Å². The lowest BCUT2D eigenvalue weighted by Gasteiger charge is -2.24. The van der Waals surface area contributed by atoms with Gasteiger partial charge in [0.25, 0.3) is 5.91 Å². The number of para-hydroxylation sites is 1. The summed E-state index contributed by atoms with van der Waals surface area (Å²) in [5.74, 6) is 0.161. The van der Waals surface area contributed by atoms with Crippen molar-refractivity contribution in [3.05, 3.63) is 51.9 Å². The van der Waals surface area contributed by atoms with Crippen LogP contribution in [-0.4, -0.2) is 32.7 Å². The zero-order valence-corrected chi connectivity index (χ0v) is 15.2. The Morgan fingerprint density at radius 3 is 2.96 bits per heavy atom.